The summed E-state index contributed by atoms with van der Waals surface area (Å²) >= 11 is 0.860. The van der Waals surface area contributed by atoms with Crippen LogP contribution in [-0.2, 0) is 23.7 Å². The van der Waals surface area contributed by atoms with Crippen molar-refractivity contribution in [2.24, 2.45) is 5.90 Å². The molecule has 0 radical (unpaired) electrons. The van der Waals surface area contributed by atoms with Crippen molar-refractivity contribution in [3.63, 3.8) is 0 Å². The number of unbranched alkanes of at least 4 members (excludes halogenated alkanes) is 1. The van der Waals surface area contributed by atoms with Gasteiger partial charge in [-0.25, -0.2) is 14.4 Å². The quantitative estimate of drug-likeness (QED) is 0.0613. The number of benzene rings is 2. The van der Waals surface area contributed by atoms with Crippen molar-refractivity contribution in [2.75, 3.05) is 11.9 Å². The molecule has 0 aliphatic heterocycles. The molecule has 0 unspecified atom stereocenters. The highest BCUT2D eigenvalue weighted by atomic mass is 32.2. The molecule has 222 valence electrons. The lowest BCUT2D eigenvalue weighted by Crippen LogP contribution is -2.51. The summed E-state index contributed by atoms with van der Waals surface area (Å²) in [5, 5.41) is 28.7. The van der Waals surface area contributed by atoms with Gasteiger partial charge in [-0.2, -0.15) is 5.90 Å². The number of carbonyl (C=O) groups is 5. The number of anilines is 1. The summed E-state index contributed by atoms with van der Waals surface area (Å²) < 4.78 is 4.52. The second kappa shape index (κ2) is 17.5. The van der Waals surface area contributed by atoms with Crippen LogP contribution in [0.3, 0.4) is 0 Å². The molecule has 14 nitrogen and oxygen atoms in total. The lowest BCUT2D eigenvalue weighted by Gasteiger charge is -2.18. The Balaban J connectivity index is 1.75. The Morgan fingerprint density at radius 3 is 2.20 bits per heavy atom. The maximum Gasteiger partial charge on any atom is 0.326 e. The topological polar surface area (TPSA) is 218 Å². The monoisotopic (exact) mass is 591 g/mol. The molecule has 0 aliphatic carbocycles. The van der Waals surface area contributed by atoms with Crippen molar-refractivity contribution in [3.8, 4) is 0 Å². The fourth-order valence-electron chi connectivity index (χ4n) is 3.59. The van der Waals surface area contributed by atoms with Crippen molar-refractivity contribution in [3.05, 3.63) is 59.7 Å². The van der Waals surface area contributed by atoms with E-state index in [4.69, 9.17) is 5.90 Å². The smallest absolute Gasteiger partial charge is 0.326 e. The third-order valence-corrected chi connectivity index (χ3v) is 6.27. The van der Waals surface area contributed by atoms with E-state index in [1.807, 2.05) is 13.0 Å². The molecule has 0 saturated carbocycles. The first kappa shape index (κ1) is 33.0. The minimum Gasteiger partial charge on any atom is -0.480 e. The predicted octanol–water partition coefficient (Wildman–Crippen LogP) is 2.35. The highest BCUT2D eigenvalue weighted by Gasteiger charge is 2.25. The molecule has 0 fully saturated rings. The fourth-order valence-corrected chi connectivity index (χ4v) is 3.95. The van der Waals surface area contributed by atoms with Gasteiger partial charge < -0.3 is 31.5 Å². The first-order valence-electron chi connectivity index (χ1n) is 12.6. The van der Waals surface area contributed by atoms with Gasteiger partial charge in [0.25, 0.3) is 5.91 Å². The van der Waals surface area contributed by atoms with Crippen molar-refractivity contribution >= 4 is 47.5 Å². The summed E-state index contributed by atoms with van der Waals surface area (Å²) in [5.74, 6) is 1.37. The largest absolute Gasteiger partial charge is 0.480 e. The number of nitrogens with one attached hydrogen (secondary N) is 4. The SMILES string of the molecule is Cc1cccc(C(=O)NCCCC[C@H](NC(=O)N[C@@H](CCC(=O)Nc2ccc(SOON)cc2)C(=O)O)C(=O)O)c1. The van der Waals surface area contributed by atoms with Crippen molar-refractivity contribution in [1.82, 2.24) is 16.0 Å². The molecule has 2 atom stereocenters. The fraction of sp³-hybridized carbons (Fsp3) is 0.346. The van der Waals surface area contributed by atoms with Gasteiger partial charge in [0.2, 0.25) is 5.91 Å². The van der Waals surface area contributed by atoms with Gasteiger partial charge in [0.05, 0.1) is 12.0 Å². The molecular formula is C26H33N5O9S. The summed E-state index contributed by atoms with van der Waals surface area (Å²) in [5.41, 5.74) is 1.92. The number of aryl methyl sites for hydroxylation is 1. The molecule has 2 rings (SSSR count). The number of amides is 4. The van der Waals surface area contributed by atoms with E-state index in [1.165, 1.54) is 0 Å². The normalized spacial score (nSPS) is 12.0. The Morgan fingerprint density at radius 1 is 0.927 bits per heavy atom. The van der Waals surface area contributed by atoms with Gasteiger partial charge in [0.15, 0.2) is 0 Å². The minimum absolute atomic E-state index is 0.0614. The van der Waals surface area contributed by atoms with Gasteiger partial charge in [-0.3, -0.25) is 9.59 Å². The Labute approximate surface area is 240 Å². The van der Waals surface area contributed by atoms with E-state index in [1.54, 1.807) is 42.5 Å². The van der Waals surface area contributed by atoms with Gasteiger partial charge in [-0.1, -0.05) is 17.7 Å². The maximum absolute atomic E-state index is 12.3. The molecule has 4 amide bonds. The molecule has 0 saturated heterocycles. The number of carboxylic acid groups (broad SMARTS) is 2. The van der Waals surface area contributed by atoms with E-state index in [0.717, 1.165) is 17.6 Å². The number of nitrogens with two attached hydrogens (primary N) is 1. The van der Waals surface area contributed by atoms with Crippen LogP contribution in [-0.4, -0.2) is 58.6 Å². The molecule has 15 heteroatoms. The first-order chi connectivity index (χ1) is 19.6. The van der Waals surface area contributed by atoms with Crippen molar-refractivity contribution in [2.45, 2.75) is 56.0 Å². The van der Waals surface area contributed by atoms with Gasteiger partial charge in [0.1, 0.15) is 12.1 Å². The summed E-state index contributed by atoms with van der Waals surface area (Å²) in [6.45, 7) is 2.19. The summed E-state index contributed by atoms with van der Waals surface area (Å²) in [4.78, 5) is 64.6. The van der Waals surface area contributed by atoms with Crippen molar-refractivity contribution in [1.29, 1.82) is 0 Å². The van der Waals surface area contributed by atoms with E-state index < -0.39 is 36.0 Å². The lowest BCUT2D eigenvalue weighted by atomic mass is 10.1. The van der Waals surface area contributed by atoms with E-state index in [0.29, 0.717) is 35.5 Å². The highest BCUT2D eigenvalue weighted by Crippen LogP contribution is 2.21. The number of rotatable bonds is 17. The van der Waals surface area contributed by atoms with Gasteiger partial charge >= 0.3 is 18.0 Å². The molecule has 41 heavy (non-hydrogen) atoms. The Kier molecular flexibility index (Phi) is 14.1. The van der Waals surface area contributed by atoms with E-state index >= 15 is 0 Å². The molecule has 0 spiro atoms. The van der Waals surface area contributed by atoms with Crippen LogP contribution in [0.4, 0.5) is 10.5 Å². The minimum atomic E-state index is -1.43. The number of carbonyl (C=O) groups excluding carboxylic acids is 3. The van der Waals surface area contributed by atoms with E-state index in [-0.39, 0.29) is 25.2 Å². The van der Waals surface area contributed by atoms with Gasteiger partial charge in [0, 0.05) is 29.1 Å². The third kappa shape index (κ3) is 12.7. The van der Waals surface area contributed by atoms with Gasteiger partial charge in [-0.15, -0.1) is 9.32 Å². The Bertz CT molecular complexity index is 1200. The summed E-state index contributed by atoms with van der Waals surface area (Å²) in [7, 11) is 0. The number of aliphatic carboxylic acids is 2. The molecule has 0 bridgehead atoms. The van der Waals surface area contributed by atoms with Crippen LogP contribution >= 0.6 is 12.0 Å². The van der Waals surface area contributed by atoms with Crippen LogP contribution in [0.15, 0.2) is 53.4 Å². The highest BCUT2D eigenvalue weighted by molar-refractivity contribution is 7.94. The van der Waals surface area contributed by atoms with Crippen LogP contribution < -0.4 is 27.2 Å². The average molecular weight is 592 g/mol. The number of hydrogen-bond acceptors (Lipinski definition) is 9. The zero-order valence-corrected chi connectivity index (χ0v) is 23.1. The number of hydrogen-bond donors (Lipinski definition) is 7. The number of carboxylic acids is 2. The zero-order valence-electron chi connectivity index (χ0n) is 22.3. The number of urea groups is 1. The lowest BCUT2D eigenvalue weighted by molar-refractivity contribution is -0.195. The zero-order chi connectivity index (χ0) is 30.2. The summed E-state index contributed by atoms with van der Waals surface area (Å²) in [6.07, 6.45) is 0.444. The first-order valence-corrected chi connectivity index (χ1v) is 13.3. The van der Waals surface area contributed by atoms with E-state index in [9.17, 15) is 34.2 Å². The average Bonchev–Trinajstić information content (AvgIpc) is 2.93. The van der Waals surface area contributed by atoms with Gasteiger partial charge in [-0.05, 0) is 69.0 Å². The summed E-state index contributed by atoms with van der Waals surface area (Å²) in [6, 6.07) is 9.84. The standard InChI is InChI=1S/C26H33N5O9S/c1-16-5-4-6-17(15-16)23(33)28-14-3-2-7-20(24(34)35)30-26(38)31-21(25(36)37)12-13-22(32)29-18-8-10-19(11-9-18)41-40-39-27/h4-6,8-11,15,20-21H,2-3,7,12-14,27H2,1H3,(H,28,33)(H,29,32)(H,34,35)(H,36,37)(H2,30,31,38)/t20-,21-/m0/s1. The van der Waals surface area contributed by atoms with E-state index in [2.05, 4.69) is 30.6 Å². The van der Waals surface area contributed by atoms with Crippen LogP contribution in [0.5, 0.6) is 0 Å². The maximum atomic E-state index is 12.3. The molecule has 0 aliphatic rings. The van der Waals surface area contributed by atoms with Crippen LogP contribution in [0.25, 0.3) is 0 Å². The predicted molar refractivity (Wildman–Crippen MR) is 148 cm³/mol. The van der Waals surface area contributed by atoms with Crippen LogP contribution in [0, 0.1) is 6.92 Å². The molecule has 8 N–H and O–H groups in total. The Hall–Kier alpha value is -4.18. The molecule has 0 heterocycles. The Morgan fingerprint density at radius 2 is 1.59 bits per heavy atom. The third-order valence-electron chi connectivity index (χ3n) is 5.66. The molecular weight excluding hydrogens is 558 g/mol. The molecule has 0 aromatic heterocycles. The molecule has 2 aromatic carbocycles. The van der Waals surface area contributed by atoms with Crippen LogP contribution in [0.2, 0.25) is 0 Å². The second-order valence-corrected chi connectivity index (χ2v) is 9.65. The van der Waals surface area contributed by atoms with Crippen LogP contribution in [0.1, 0.15) is 48.0 Å². The second-order valence-electron chi connectivity index (χ2n) is 8.88. The molecule has 2 aromatic rings. The van der Waals surface area contributed by atoms with Crippen molar-refractivity contribution < 1.29 is 43.5 Å².